The average molecular weight is 213 g/mol. The Bertz CT molecular complexity index is 350. The van der Waals surface area contributed by atoms with Gasteiger partial charge in [0.2, 0.25) is 0 Å². The first-order valence-electron chi connectivity index (χ1n) is 4.33. The quantitative estimate of drug-likeness (QED) is 0.777. The number of carboxylic acid groups (broad SMARTS) is 1. The molecule has 0 bridgehead atoms. The Morgan fingerprint density at radius 1 is 1.71 bits per heavy atom. The molecule has 14 heavy (non-hydrogen) atoms. The predicted octanol–water partition coefficient (Wildman–Crippen LogP) is 1.38. The van der Waals surface area contributed by atoms with Crippen LogP contribution in [0.25, 0.3) is 0 Å². The number of aryl methyl sites for hydroxylation is 1. The van der Waals surface area contributed by atoms with E-state index < -0.39 is 12.0 Å². The molecule has 0 aromatic carbocycles. The summed E-state index contributed by atoms with van der Waals surface area (Å²) in [7, 11) is 0. The zero-order valence-electron chi connectivity index (χ0n) is 7.69. The van der Waals surface area contributed by atoms with Crippen molar-refractivity contribution in [1.82, 2.24) is 5.32 Å². The fourth-order valence-corrected chi connectivity index (χ4v) is 2.55. The zero-order chi connectivity index (χ0) is 10.1. The van der Waals surface area contributed by atoms with Gasteiger partial charge in [0.25, 0.3) is 0 Å². The summed E-state index contributed by atoms with van der Waals surface area (Å²) in [4.78, 5) is 10.7. The summed E-state index contributed by atoms with van der Waals surface area (Å²) in [5.41, 5.74) is 0. The summed E-state index contributed by atoms with van der Waals surface area (Å²) < 4.78 is 5.42. The molecule has 4 nitrogen and oxygen atoms in total. The SMILES string of the molecule is Cc1ccc([C@H]2N[C@@H](C(=O)O)CS2)o1. The van der Waals surface area contributed by atoms with E-state index in [-0.39, 0.29) is 5.37 Å². The maximum Gasteiger partial charge on any atom is 0.321 e. The molecule has 2 heterocycles. The van der Waals surface area contributed by atoms with Crippen molar-refractivity contribution >= 4 is 17.7 Å². The van der Waals surface area contributed by atoms with Crippen molar-refractivity contribution in [1.29, 1.82) is 0 Å². The number of aliphatic carboxylic acids is 1. The van der Waals surface area contributed by atoms with Crippen LogP contribution in [-0.4, -0.2) is 22.9 Å². The third-order valence-corrected chi connectivity index (χ3v) is 3.33. The van der Waals surface area contributed by atoms with E-state index in [4.69, 9.17) is 9.52 Å². The molecule has 1 saturated heterocycles. The third-order valence-electron chi connectivity index (χ3n) is 2.10. The van der Waals surface area contributed by atoms with E-state index in [1.54, 1.807) is 11.8 Å². The lowest BCUT2D eigenvalue weighted by Gasteiger charge is -2.07. The molecule has 1 aromatic rings. The van der Waals surface area contributed by atoms with E-state index in [2.05, 4.69) is 5.32 Å². The van der Waals surface area contributed by atoms with Gasteiger partial charge in [0.05, 0.1) is 0 Å². The lowest BCUT2D eigenvalue weighted by atomic mass is 10.3. The lowest BCUT2D eigenvalue weighted by Crippen LogP contribution is -2.33. The minimum atomic E-state index is -0.803. The largest absolute Gasteiger partial charge is 0.480 e. The molecule has 1 aliphatic rings. The Kier molecular flexibility index (Phi) is 2.52. The predicted molar refractivity (Wildman–Crippen MR) is 53.2 cm³/mol. The summed E-state index contributed by atoms with van der Waals surface area (Å²) >= 11 is 1.56. The summed E-state index contributed by atoms with van der Waals surface area (Å²) in [5, 5.41) is 11.7. The van der Waals surface area contributed by atoms with Crippen molar-refractivity contribution in [3.63, 3.8) is 0 Å². The highest BCUT2D eigenvalue weighted by atomic mass is 32.2. The minimum Gasteiger partial charge on any atom is -0.480 e. The van der Waals surface area contributed by atoms with E-state index in [1.165, 1.54) is 0 Å². The van der Waals surface area contributed by atoms with Crippen LogP contribution in [0.15, 0.2) is 16.5 Å². The Hall–Kier alpha value is -0.940. The van der Waals surface area contributed by atoms with Gasteiger partial charge >= 0.3 is 5.97 Å². The molecular formula is C9H11NO3S. The van der Waals surface area contributed by atoms with Gasteiger partial charge in [-0.25, -0.2) is 0 Å². The van der Waals surface area contributed by atoms with Gasteiger partial charge < -0.3 is 9.52 Å². The Morgan fingerprint density at radius 3 is 3.00 bits per heavy atom. The summed E-state index contributed by atoms with van der Waals surface area (Å²) in [5.74, 6) is 1.43. The van der Waals surface area contributed by atoms with Crippen LogP contribution in [0.5, 0.6) is 0 Å². The highest BCUT2D eigenvalue weighted by Crippen LogP contribution is 2.33. The first-order chi connectivity index (χ1) is 6.66. The second-order valence-electron chi connectivity index (χ2n) is 3.22. The fraction of sp³-hybridized carbons (Fsp3) is 0.444. The first-order valence-corrected chi connectivity index (χ1v) is 5.38. The van der Waals surface area contributed by atoms with Crippen molar-refractivity contribution in [3.05, 3.63) is 23.7 Å². The highest BCUT2D eigenvalue weighted by molar-refractivity contribution is 7.99. The second-order valence-corrected chi connectivity index (χ2v) is 4.36. The maximum atomic E-state index is 10.7. The molecule has 1 aliphatic heterocycles. The molecule has 2 atom stereocenters. The topological polar surface area (TPSA) is 62.5 Å². The molecule has 0 amide bonds. The van der Waals surface area contributed by atoms with Crippen molar-refractivity contribution in [2.75, 3.05) is 5.75 Å². The van der Waals surface area contributed by atoms with Crippen molar-refractivity contribution in [2.45, 2.75) is 18.3 Å². The first kappa shape index (κ1) is 9.61. The number of carbonyl (C=O) groups is 1. The van der Waals surface area contributed by atoms with Crippen LogP contribution in [0, 0.1) is 6.92 Å². The van der Waals surface area contributed by atoms with Crippen LogP contribution >= 0.6 is 11.8 Å². The van der Waals surface area contributed by atoms with Crippen molar-refractivity contribution in [2.24, 2.45) is 0 Å². The molecule has 0 unspecified atom stereocenters. The molecule has 0 spiro atoms. The molecule has 1 aromatic heterocycles. The van der Waals surface area contributed by atoms with Gasteiger partial charge in [0.15, 0.2) is 0 Å². The normalized spacial score (nSPS) is 26.6. The Labute approximate surface area is 85.7 Å². The van der Waals surface area contributed by atoms with E-state index in [0.29, 0.717) is 5.75 Å². The number of furan rings is 1. The standard InChI is InChI=1S/C9H11NO3S/c1-5-2-3-7(13-5)8-10-6(4-14-8)9(11)12/h2-3,6,8,10H,4H2,1H3,(H,11,12)/t6-,8+/m1/s1. The lowest BCUT2D eigenvalue weighted by molar-refractivity contribution is -0.138. The highest BCUT2D eigenvalue weighted by Gasteiger charge is 2.31. The monoisotopic (exact) mass is 213 g/mol. The zero-order valence-corrected chi connectivity index (χ0v) is 8.50. The number of nitrogens with one attached hydrogen (secondary N) is 1. The smallest absolute Gasteiger partial charge is 0.321 e. The molecule has 2 rings (SSSR count). The second kappa shape index (κ2) is 3.67. The van der Waals surface area contributed by atoms with Crippen LogP contribution in [0.1, 0.15) is 16.9 Å². The Morgan fingerprint density at radius 2 is 2.50 bits per heavy atom. The van der Waals surface area contributed by atoms with E-state index >= 15 is 0 Å². The fourth-order valence-electron chi connectivity index (χ4n) is 1.37. The van der Waals surface area contributed by atoms with Gasteiger partial charge in [0.1, 0.15) is 22.9 Å². The van der Waals surface area contributed by atoms with Gasteiger partial charge in [-0.1, -0.05) is 0 Å². The number of hydrogen-bond donors (Lipinski definition) is 2. The van der Waals surface area contributed by atoms with E-state index in [9.17, 15) is 4.79 Å². The van der Waals surface area contributed by atoms with Gasteiger partial charge in [-0.2, -0.15) is 0 Å². The molecule has 0 aliphatic carbocycles. The number of hydrogen-bond acceptors (Lipinski definition) is 4. The summed E-state index contributed by atoms with van der Waals surface area (Å²) in [6.45, 7) is 1.87. The molecular weight excluding hydrogens is 202 g/mol. The van der Waals surface area contributed by atoms with Gasteiger partial charge in [-0.15, -0.1) is 11.8 Å². The number of carboxylic acids is 1. The van der Waals surface area contributed by atoms with Crippen LogP contribution in [0.2, 0.25) is 0 Å². The number of rotatable bonds is 2. The summed E-state index contributed by atoms with van der Waals surface area (Å²) in [6.07, 6.45) is 0. The molecule has 76 valence electrons. The average Bonchev–Trinajstić information content (AvgIpc) is 2.70. The van der Waals surface area contributed by atoms with Crippen molar-refractivity contribution in [3.8, 4) is 0 Å². The number of thioether (sulfide) groups is 1. The molecule has 0 radical (unpaired) electrons. The molecule has 2 N–H and O–H groups in total. The molecule has 5 heteroatoms. The van der Waals surface area contributed by atoms with Crippen LogP contribution in [0.4, 0.5) is 0 Å². The van der Waals surface area contributed by atoms with E-state index in [0.717, 1.165) is 11.5 Å². The molecule has 1 fully saturated rings. The van der Waals surface area contributed by atoms with Crippen LogP contribution in [0.3, 0.4) is 0 Å². The van der Waals surface area contributed by atoms with Crippen molar-refractivity contribution < 1.29 is 14.3 Å². The Balaban J connectivity index is 2.05. The summed E-state index contributed by atoms with van der Waals surface area (Å²) in [6, 6.07) is 3.30. The van der Waals surface area contributed by atoms with E-state index in [1.807, 2.05) is 19.1 Å². The van der Waals surface area contributed by atoms with Gasteiger partial charge in [-0.3, -0.25) is 10.1 Å². The van der Waals surface area contributed by atoms with Crippen LogP contribution < -0.4 is 5.32 Å². The third kappa shape index (κ3) is 1.78. The van der Waals surface area contributed by atoms with Gasteiger partial charge in [0, 0.05) is 5.75 Å². The minimum absolute atomic E-state index is 0.0233. The van der Waals surface area contributed by atoms with Crippen LogP contribution in [-0.2, 0) is 4.79 Å². The molecule has 0 saturated carbocycles. The maximum absolute atomic E-state index is 10.7. The van der Waals surface area contributed by atoms with Gasteiger partial charge in [-0.05, 0) is 19.1 Å².